The number of hydrogen-bond acceptors (Lipinski definition) is 8. The number of carbonyl (C=O) groups excluding carboxylic acids is 3. The third-order valence-corrected chi connectivity index (χ3v) is 11.2. The quantitative estimate of drug-likeness (QED) is 0.315. The molecule has 1 saturated heterocycles. The fourth-order valence-corrected chi connectivity index (χ4v) is 9.53. The van der Waals surface area contributed by atoms with Crippen molar-refractivity contribution in [2.45, 2.75) is 117 Å². The van der Waals surface area contributed by atoms with Crippen LogP contribution >= 0.6 is 0 Å². The number of esters is 2. The van der Waals surface area contributed by atoms with E-state index in [0.29, 0.717) is 6.42 Å². The molecule has 4 rings (SSSR count). The fraction of sp³-hybridized carbons (Fsp3) is 0.828. The summed E-state index contributed by atoms with van der Waals surface area (Å²) in [4.78, 5) is 40.0. The molecule has 1 unspecified atom stereocenters. The molecule has 1 heterocycles. The highest BCUT2D eigenvalue weighted by molar-refractivity contribution is 6.69. The second kappa shape index (κ2) is 8.98. The molecule has 9 atom stereocenters. The minimum Gasteiger partial charge on any atom is -0.459 e. The van der Waals surface area contributed by atoms with E-state index in [-0.39, 0.29) is 24.7 Å². The Morgan fingerprint density at radius 3 is 2.16 bits per heavy atom. The van der Waals surface area contributed by atoms with E-state index >= 15 is 0 Å². The van der Waals surface area contributed by atoms with E-state index in [9.17, 15) is 19.5 Å². The Balaban J connectivity index is 2.07. The van der Waals surface area contributed by atoms with Gasteiger partial charge in [0.25, 0.3) is 0 Å². The summed E-state index contributed by atoms with van der Waals surface area (Å²) in [5.74, 6) is -2.56. The minimum atomic E-state index is -2.07. The average molecular weight is 551 g/mol. The van der Waals surface area contributed by atoms with Crippen LogP contribution in [0.5, 0.6) is 0 Å². The van der Waals surface area contributed by atoms with Crippen LogP contribution in [0.15, 0.2) is 11.1 Å². The molecule has 8 nitrogen and oxygen atoms in total. The minimum absolute atomic E-state index is 0.00200. The molecule has 0 amide bonds. The van der Waals surface area contributed by atoms with E-state index in [2.05, 4.69) is 19.6 Å². The number of Topliss-reactive ketones (excluding diaryl/α,β-unsaturated/α-hetero) is 1. The van der Waals surface area contributed by atoms with Crippen molar-refractivity contribution < 1.29 is 38.1 Å². The maximum atomic E-state index is 14.8. The second-order valence-corrected chi connectivity index (χ2v) is 18.4. The molecule has 214 valence electrons. The summed E-state index contributed by atoms with van der Waals surface area (Å²) in [6.45, 7) is 20.7. The first-order chi connectivity index (χ1) is 17.2. The number of ether oxygens (including phenoxy) is 3. The molecule has 3 aliphatic carbocycles. The van der Waals surface area contributed by atoms with E-state index in [1.807, 2.05) is 41.5 Å². The Labute approximate surface area is 227 Å². The molecular formula is C29H46O8Si. The van der Waals surface area contributed by atoms with Crippen molar-refractivity contribution >= 4 is 26.0 Å². The van der Waals surface area contributed by atoms with Gasteiger partial charge in [0.1, 0.15) is 23.6 Å². The molecule has 2 saturated carbocycles. The fourth-order valence-electron chi connectivity index (χ4n) is 8.42. The lowest BCUT2D eigenvalue weighted by Gasteiger charge is -2.68. The lowest BCUT2D eigenvalue weighted by molar-refractivity contribution is -0.341. The molecule has 0 spiro atoms. The summed E-state index contributed by atoms with van der Waals surface area (Å²) in [5, 5.41) is 13.0. The van der Waals surface area contributed by atoms with E-state index in [1.54, 1.807) is 0 Å². The number of hydrogen-bond donors (Lipinski definition) is 1. The number of fused-ring (bicyclic) bond motifs is 5. The topological polar surface area (TPSA) is 108 Å². The van der Waals surface area contributed by atoms with Crippen LogP contribution in [0.2, 0.25) is 19.6 Å². The molecule has 2 bridgehead atoms. The molecule has 0 radical (unpaired) electrons. The van der Waals surface area contributed by atoms with E-state index in [0.717, 1.165) is 11.1 Å². The van der Waals surface area contributed by atoms with Gasteiger partial charge >= 0.3 is 11.9 Å². The molecule has 38 heavy (non-hydrogen) atoms. The van der Waals surface area contributed by atoms with Gasteiger partial charge < -0.3 is 23.7 Å². The van der Waals surface area contributed by atoms with Crippen molar-refractivity contribution in [2.75, 3.05) is 6.61 Å². The Hall–Kier alpha value is -1.55. The zero-order chi connectivity index (χ0) is 28.8. The van der Waals surface area contributed by atoms with Crippen LogP contribution in [-0.2, 0) is 33.0 Å². The zero-order valence-corrected chi connectivity index (χ0v) is 25.9. The van der Waals surface area contributed by atoms with E-state index < -0.39 is 72.4 Å². The van der Waals surface area contributed by atoms with Crippen molar-refractivity contribution in [2.24, 2.45) is 28.6 Å². The summed E-state index contributed by atoms with van der Waals surface area (Å²) in [7, 11) is -2.07. The van der Waals surface area contributed by atoms with Gasteiger partial charge in [-0.3, -0.25) is 14.4 Å². The summed E-state index contributed by atoms with van der Waals surface area (Å²) in [5.41, 5.74) is -2.99. The first-order valence-electron chi connectivity index (χ1n) is 13.9. The van der Waals surface area contributed by atoms with Crippen LogP contribution in [-0.4, -0.2) is 67.3 Å². The van der Waals surface area contributed by atoms with Crippen molar-refractivity contribution in [1.29, 1.82) is 0 Å². The predicted molar refractivity (Wildman–Crippen MR) is 144 cm³/mol. The largest absolute Gasteiger partial charge is 0.459 e. The number of ketones is 1. The first kappa shape index (κ1) is 29.4. The first-order valence-corrected chi connectivity index (χ1v) is 17.3. The lowest BCUT2D eigenvalue weighted by Crippen LogP contribution is -2.80. The van der Waals surface area contributed by atoms with Gasteiger partial charge in [-0.05, 0) is 50.0 Å². The van der Waals surface area contributed by atoms with Gasteiger partial charge in [0.2, 0.25) is 0 Å². The SMILES string of the molecule is CC(=O)O[C@H]1C2[C@](C)(C(=O)[C@H](C)C3=C(C)[C@@H](O[Si](C)(C)C)C[C@]1(O)C3(C)C)[C@@H](C)C[C@H]1OC[C@@]21OC(C)=O. The van der Waals surface area contributed by atoms with Gasteiger partial charge in [0.05, 0.1) is 18.6 Å². The van der Waals surface area contributed by atoms with Crippen LogP contribution in [0.3, 0.4) is 0 Å². The Morgan fingerprint density at radius 1 is 1.08 bits per heavy atom. The number of carbonyl (C=O) groups is 3. The maximum absolute atomic E-state index is 14.8. The van der Waals surface area contributed by atoms with Crippen LogP contribution < -0.4 is 0 Å². The summed E-state index contributed by atoms with van der Waals surface area (Å²) < 4.78 is 24.8. The van der Waals surface area contributed by atoms with Gasteiger partial charge in [0, 0.05) is 37.0 Å². The summed E-state index contributed by atoms with van der Waals surface area (Å²) in [6.07, 6.45) is -1.32. The molecule has 9 heteroatoms. The molecule has 0 aromatic rings. The predicted octanol–water partition coefficient (Wildman–Crippen LogP) is 4.20. The van der Waals surface area contributed by atoms with Crippen molar-refractivity contribution in [1.82, 2.24) is 0 Å². The van der Waals surface area contributed by atoms with Gasteiger partial charge in [-0.1, -0.05) is 34.6 Å². The van der Waals surface area contributed by atoms with Gasteiger partial charge in [-0.2, -0.15) is 0 Å². The lowest BCUT2D eigenvalue weighted by atomic mass is 9.42. The Bertz CT molecular complexity index is 1070. The van der Waals surface area contributed by atoms with Crippen molar-refractivity contribution in [3.05, 3.63) is 11.1 Å². The van der Waals surface area contributed by atoms with Gasteiger partial charge in [-0.15, -0.1) is 0 Å². The molecule has 0 aromatic carbocycles. The van der Waals surface area contributed by atoms with E-state index in [1.165, 1.54) is 13.8 Å². The molecule has 3 fully saturated rings. The Kier molecular flexibility index (Phi) is 6.95. The normalized spacial score (nSPS) is 44.2. The second-order valence-electron chi connectivity index (χ2n) is 13.9. The van der Waals surface area contributed by atoms with Crippen molar-refractivity contribution in [3.63, 3.8) is 0 Å². The standard InChI is InChI=1S/C29H46O8Si/c1-15-12-21-28(14-34-21,36-19(5)31)23-25(35-18(4)30)29(33)13-20(37-38(9,10)11)16(2)22(26(29,6)7)17(3)24(32)27(15,23)8/h15,17,20-21,23,25,33H,12-14H2,1-11H3/t15-,17+,20-,21+,23?,25-,27+,28-,29+/m0/s1. The molecular weight excluding hydrogens is 504 g/mol. The molecule has 1 aliphatic heterocycles. The molecule has 0 aromatic heterocycles. The van der Waals surface area contributed by atoms with Crippen LogP contribution in [0.1, 0.15) is 68.2 Å². The highest BCUT2D eigenvalue weighted by Crippen LogP contribution is 2.66. The number of aliphatic hydroxyl groups is 1. The monoisotopic (exact) mass is 550 g/mol. The zero-order valence-electron chi connectivity index (χ0n) is 24.9. The molecule has 1 N–H and O–H groups in total. The van der Waals surface area contributed by atoms with Crippen LogP contribution in [0, 0.1) is 28.6 Å². The van der Waals surface area contributed by atoms with Crippen LogP contribution in [0.4, 0.5) is 0 Å². The highest BCUT2D eigenvalue weighted by atomic mass is 28.4. The van der Waals surface area contributed by atoms with Crippen LogP contribution in [0.25, 0.3) is 0 Å². The third-order valence-electron chi connectivity index (χ3n) is 10.2. The van der Waals surface area contributed by atoms with Gasteiger partial charge in [0.15, 0.2) is 13.9 Å². The summed E-state index contributed by atoms with van der Waals surface area (Å²) in [6, 6.07) is 0. The summed E-state index contributed by atoms with van der Waals surface area (Å²) >= 11 is 0. The van der Waals surface area contributed by atoms with E-state index in [4.69, 9.17) is 18.6 Å². The Morgan fingerprint density at radius 2 is 1.68 bits per heavy atom. The smallest absolute Gasteiger partial charge is 0.303 e. The van der Waals surface area contributed by atoms with Gasteiger partial charge in [-0.25, -0.2) is 0 Å². The highest BCUT2D eigenvalue weighted by Gasteiger charge is 2.76. The third kappa shape index (κ3) is 3.98. The maximum Gasteiger partial charge on any atom is 0.303 e. The van der Waals surface area contributed by atoms with Crippen molar-refractivity contribution in [3.8, 4) is 0 Å². The number of rotatable bonds is 4. The molecule has 4 aliphatic rings. The average Bonchev–Trinajstić information content (AvgIpc) is 2.75.